The first-order valence-corrected chi connectivity index (χ1v) is 5.71. The minimum absolute atomic E-state index is 0.217. The van der Waals surface area contributed by atoms with Crippen molar-refractivity contribution in [2.45, 2.75) is 19.8 Å². The third kappa shape index (κ3) is 1.81. The summed E-state index contributed by atoms with van der Waals surface area (Å²) in [6.07, 6.45) is 0. The zero-order chi connectivity index (χ0) is 11.0. The second-order valence-corrected chi connectivity index (χ2v) is 4.82. The highest BCUT2D eigenvalue weighted by atomic mass is 32.1. The van der Waals surface area contributed by atoms with E-state index in [-0.39, 0.29) is 5.82 Å². The van der Waals surface area contributed by atoms with Gasteiger partial charge in [0.2, 0.25) is 0 Å². The van der Waals surface area contributed by atoms with E-state index in [0.29, 0.717) is 5.92 Å². The van der Waals surface area contributed by atoms with Gasteiger partial charge in [0.1, 0.15) is 11.3 Å². The van der Waals surface area contributed by atoms with Gasteiger partial charge in [0.25, 0.3) is 0 Å². The van der Waals surface area contributed by atoms with E-state index in [1.807, 2.05) is 0 Å². The van der Waals surface area contributed by atoms with E-state index in [2.05, 4.69) is 24.1 Å². The van der Waals surface area contributed by atoms with Crippen molar-refractivity contribution in [3.63, 3.8) is 0 Å². The molecule has 0 aliphatic heterocycles. The maximum absolute atomic E-state index is 13.2. The summed E-state index contributed by atoms with van der Waals surface area (Å²) >= 11 is 1.56. The van der Waals surface area contributed by atoms with E-state index in [9.17, 15) is 4.39 Å². The van der Waals surface area contributed by atoms with E-state index in [1.165, 1.54) is 6.07 Å². The molecule has 15 heavy (non-hydrogen) atoms. The maximum atomic E-state index is 13.2. The van der Waals surface area contributed by atoms with Gasteiger partial charge in [-0.25, -0.2) is 9.37 Å². The van der Waals surface area contributed by atoms with Crippen molar-refractivity contribution in [2.24, 2.45) is 0 Å². The third-order valence-corrected chi connectivity index (χ3v) is 3.54. The average molecular weight is 224 g/mol. The number of anilines is 1. The van der Waals surface area contributed by atoms with Crippen LogP contribution in [0.3, 0.4) is 0 Å². The van der Waals surface area contributed by atoms with Gasteiger partial charge >= 0.3 is 0 Å². The van der Waals surface area contributed by atoms with Crippen LogP contribution in [0.5, 0.6) is 0 Å². The van der Waals surface area contributed by atoms with Gasteiger partial charge in [0, 0.05) is 13.0 Å². The first-order chi connectivity index (χ1) is 7.11. The minimum atomic E-state index is -0.217. The molecule has 0 atom stereocenters. The van der Waals surface area contributed by atoms with Gasteiger partial charge in [-0.1, -0.05) is 13.8 Å². The molecule has 1 N–H and O–H groups in total. The Bertz CT molecular complexity index is 491. The Hall–Kier alpha value is -1.16. The molecule has 0 radical (unpaired) electrons. The van der Waals surface area contributed by atoms with Gasteiger partial charge < -0.3 is 5.32 Å². The summed E-state index contributed by atoms with van der Waals surface area (Å²) in [6.45, 7) is 4.18. The van der Waals surface area contributed by atoms with Gasteiger partial charge in [0.05, 0.1) is 15.4 Å². The van der Waals surface area contributed by atoms with Crippen molar-refractivity contribution in [1.82, 2.24) is 4.98 Å². The van der Waals surface area contributed by atoms with Gasteiger partial charge in [-0.2, -0.15) is 0 Å². The van der Waals surface area contributed by atoms with E-state index in [4.69, 9.17) is 0 Å². The number of halogens is 1. The first kappa shape index (κ1) is 10.4. The molecule has 1 aromatic heterocycles. The van der Waals surface area contributed by atoms with Crippen LogP contribution >= 0.6 is 11.3 Å². The van der Waals surface area contributed by atoms with Crippen molar-refractivity contribution in [3.05, 3.63) is 23.0 Å². The molecular weight excluding hydrogens is 211 g/mol. The van der Waals surface area contributed by atoms with E-state index >= 15 is 0 Å². The molecule has 2 aromatic rings. The molecule has 80 valence electrons. The Morgan fingerprint density at radius 1 is 1.40 bits per heavy atom. The molecule has 0 amide bonds. The summed E-state index contributed by atoms with van der Waals surface area (Å²) < 4.78 is 14.1. The number of hydrogen-bond donors (Lipinski definition) is 1. The Labute approximate surface area is 92.1 Å². The summed E-state index contributed by atoms with van der Waals surface area (Å²) in [7, 11) is 1.78. The van der Waals surface area contributed by atoms with E-state index in [1.54, 1.807) is 24.5 Å². The highest BCUT2D eigenvalue weighted by Crippen LogP contribution is 2.32. The van der Waals surface area contributed by atoms with Gasteiger partial charge in [-0.3, -0.25) is 0 Å². The van der Waals surface area contributed by atoms with Crippen LogP contribution in [0.4, 0.5) is 10.1 Å². The highest BCUT2D eigenvalue weighted by molar-refractivity contribution is 7.18. The SMILES string of the molecule is CNc1cc(F)cc2sc(C(C)C)nc12. The van der Waals surface area contributed by atoms with Crippen molar-refractivity contribution >= 4 is 27.2 Å². The zero-order valence-corrected chi connectivity index (χ0v) is 9.78. The van der Waals surface area contributed by atoms with Crippen molar-refractivity contribution in [1.29, 1.82) is 0 Å². The number of nitrogens with zero attached hydrogens (tertiary/aromatic N) is 1. The molecule has 1 aromatic carbocycles. The fraction of sp³-hybridized carbons (Fsp3) is 0.364. The lowest BCUT2D eigenvalue weighted by atomic mass is 10.2. The Morgan fingerprint density at radius 3 is 2.73 bits per heavy atom. The van der Waals surface area contributed by atoms with Crippen LogP contribution in [0.15, 0.2) is 12.1 Å². The number of fused-ring (bicyclic) bond motifs is 1. The first-order valence-electron chi connectivity index (χ1n) is 4.89. The topological polar surface area (TPSA) is 24.9 Å². The van der Waals surface area contributed by atoms with Crippen LogP contribution < -0.4 is 5.32 Å². The molecule has 0 aliphatic carbocycles. The summed E-state index contributed by atoms with van der Waals surface area (Å²) in [5, 5.41) is 4.02. The van der Waals surface area contributed by atoms with E-state index < -0.39 is 0 Å². The van der Waals surface area contributed by atoms with Gasteiger partial charge in [-0.15, -0.1) is 11.3 Å². The Balaban J connectivity index is 2.68. The lowest BCUT2D eigenvalue weighted by molar-refractivity contribution is 0.630. The molecule has 2 rings (SSSR count). The largest absolute Gasteiger partial charge is 0.386 e. The second-order valence-electron chi connectivity index (χ2n) is 3.76. The molecule has 0 spiro atoms. The monoisotopic (exact) mass is 224 g/mol. The fourth-order valence-electron chi connectivity index (χ4n) is 1.45. The molecule has 0 fully saturated rings. The van der Waals surface area contributed by atoms with Crippen molar-refractivity contribution in [2.75, 3.05) is 12.4 Å². The molecule has 4 heteroatoms. The Morgan fingerprint density at radius 2 is 2.13 bits per heavy atom. The molecule has 0 bridgehead atoms. The molecule has 1 heterocycles. The fourth-order valence-corrected chi connectivity index (χ4v) is 2.47. The van der Waals surface area contributed by atoms with Crippen LogP contribution in [0.25, 0.3) is 10.2 Å². The lowest BCUT2D eigenvalue weighted by Crippen LogP contribution is -1.91. The third-order valence-electron chi connectivity index (χ3n) is 2.24. The Kier molecular flexibility index (Phi) is 2.61. The summed E-state index contributed by atoms with van der Waals surface area (Å²) in [5.41, 5.74) is 1.63. The number of aromatic nitrogens is 1. The average Bonchev–Trinajstić information content (AvgIpc) is 2.59. The van der Waals surface area contributed by atoms with Gasteiger partial charge in [0.15, 0.2) is 0 Å². The number of hydrogen-bond acceptors (Lipinski definition) is 3. The molecule has 0 aliphatic rings. The number of rotatable bonds is 2. The summed E-state index contributed by atoms with van der Waals surface area (Å²) in [6, 6.07) is 3.02. The highest BCUT2D eigenvalue weighted by Gasteiger charge is 2.11. The molecule has 2 nitrogen and oxygen atoms in total. The summed E-state index contributed by atoms with van der Waals surface area (Å²) in [5.74, 6) is 0.168. The standard InChI is InChI=1S/C11H13FN2S/c1-6(2)11-14-10-8(13-3)4-7(12)5-9(10)15-11/h4-6,13H,1-3H3. The molecular formula is C11H13FN2S. The van der Waals surface area contributed by atoms with Crippen LogP contribution in [-0.2, 0) is 0 Å². The lowest BCUT2D eigenvalue weighted by Gasteiger charge is -2.00. The zero-order valence-electron chi connectivity index (χ0n) is 8.97. The van der Waals surface area contributed by atoms with Crippen LogP contribution in [0.1, 0.15) is 24.8 Å². The number of benzene rings is 1. The van der Waals surface area contributed by atoms with Gasteiger partial charge in [-0.05, 0) is 12.1 Å². The van der Waals surface area contributed by atoms with Crippen molar-refractivity contribution < 1.29 is 4.39 Å². The molecule has 0 unspecified atom stereocenters. The van der Waals surface area contributed by atoms with Crippen LogP contribution in [-0.4, -0.2) is 12.0 Å². The van der Waals surface area contributed by atoms with Crippen LogP contribution in [0.2, 0.25) is 0 Å². The van der Waals surface area contributed by atoms with E-state index in [0.717, 1.165) is 20.9 Å². The quantitative estimate of drug-likeness (QED) is 0.843. The minimum Gasteiger partial charge on any atom is -0.386 e. The predicted molar refractivity (Wildman–Crippen MR) is 63.2 cm³/mol. The maximum Gasteiger partial charge on any atom is 0.126 e. The van der Waals surface area contributed by atoms with Crippen molar-refractivity contribution in [3.8, 4) is 0 Å². The normalized spacial score (nSPS) is 11.3. The second kappa shape index (κ2) is 3.77. The smallest absolute Gasteiger partial charge is 0.126 e. The molecule has 0 saturated heterocycles. The number of nitrogens with one attached hydrogen (secondary N) is 1. The molecule has 0 saturated carbocycles. The predicted octanol–water partition coefficient (Wildman–Crippen LogP) is 3.60. The number of thiazole rings is 1. The van der Waals surface area contributed by atoms with Crippen LogP contribution in [0, 0.1) is 5.82 Å². The summed E-state index contributed by atoms with van der Waals surface area (Å²) in [4.78, 5) is 4.51.